The van der Waals surface area contributed by atoms with E-state index in [9.17, 15) is 18.4 Å². The van der Waals surface area contributed by atoms with Crippen LogP contribution in [0.3, 0.4) is 0 Å². The van der Waals surface area contributed by atoms with Crippen LogP contribution in [0.2, 0.25) is 0 Å². The number of rotatable bonds is 4. The lowest BCUT2D eigenvalue weighted by atomic mass is 9.95. The summed E-state index contributed by atoms with van der Waals surface area (Å²) in [5, 5.41) is 2.48. The Hall–Kier alpha value is -2.02. The fraction of sp³-hybridized carbons (Fsp3) is 0.600. The van der Waals surface area contributed by atoms with Crippen LogP contribution in [0.1, 0.15) is 38.5 Å². The summed E-state index contributed by atoms with van der Waals surface area (Å²) in [6.07, 6.45) is 6.06. The van der Waals surface area contributed by atoms with Gasteiger partial charge in [0.15, 0.2) is 0 Å². The van der Waals surface area contributed by atoms with Gasteiger partial charge in [-0.1, -0.05) is 12.8 Å². The van der Waals surface area contributed by atoms with Crippen molar-refractivity contribution in [3.63, 3.8) is 0 Å². The Balaban J connectivity index is 1.44. The number of anilines is 1. The molecule has 0 saturated carbocycles. The van der Waals surface area contributed by atoms with Gasteiger partial charge in [-0.15, -0.1) is 0 Å². The summed E-state index contributed by atoms with van der Waals surface area (Å²) in [5.41, 5.74) is -0.0207. The average molecular weight is 379 g/mol. The zero-order chi connectivity index (χ0) is 19.2. The van der Waals surface area contributed by atoms with Crippen molar-refractivity contribution in [3.8, 4) is 0 Å². The highest BCUT2D eigenvalue weighted by molar-refractivity contribution is 5.92. The number of carbonyl (C=O) groups is 2. The fourth-order valence-corrected chi connectivity index (χ4v) is 3.87. The molecule has 0 aliphatic carbocycles. The van der Waals surface area contributed by atoms with E-state index in [2.05, 4.69) is 5.32 Å². The molecule has 1 aromatic rings. The molecule has 0 bridgehead atoms. The molecule has 2 heterocycles. The van der Waals surface area contributed by atoms with Gasteiger partial charge < -0.3 is 10.2 Å². The molecule has 1 aromatic carbocycles. The molecular formula is C20H27F2N3O2. The second-order valence-corrected chi connectivity index (χ2v) is 7.46. The molecule has 2 amide bonds. The Morgan fingerprint density at radius 2 is 1.67 bits per heavy atom. The maximum Gasteiger partial charge on any atom is 0.238 e. The molecular weight excluding hydrogens is 352 g/mol. The molecule has 0 aromatic heterocycles. The highest BCUT2D eigenvalue weighted by Gasteiger charge is 2.29. The average Bonchev–Trinajstić information content (AvgIpc) is 2.93. The smallest absolute Gasteiger partial charge is 0.238 e. The van der Waals surface area contributed by atoms with Crippen LogP contribution in [-0.2, 0) is 9.59 Å². The quantitative estimate of drug-likeness (QED) is 0.875. The molecule has 2 aliphatic rings. The number of halogens is 2. The SMILES string of the molecule is O=C(CN1CCC(C(=O)N2CCCCCC2)CC1)Nc1ccc(F)cc1F. The molecule has 3 rings (SSSR count). The Bertz CT molecular complexity index is 667. The zero-order valence-corrected chi connectivity index (χ0v) is 15.6. The van der Waals surface area contributed by atoms with Crippen LogP contribution < -0.4 is 5.32 Å². The minimum Gasteiger partial charge on any atom is -0.342 e. The summed E-state index contributed by atoms with van der Waals surface area (Å²) in [5.74, 6) is -1.50. The first-order valence-corrected chi connectivity index (χ1v) is 9.79. The van der Waals surface area contributed by atoms with E-state index in [1.165, 1.54) is 18.9 Å². The maximum atomic E-state index is 13.6. The number of hydrogen-bond donors (Lipinski definition) is 1. The summed E-state index contributed by atoms with van der Waals surface area (Å²) in [6, 6.07) is 3.07. The van der Waals surface area contributed by atoms with E-state index in [0.29, 0.717) is 13.1 Å². The number of carbonyl (C=O) groups excluding carboxylic acids is 2. The molecule has 2 aliphatic heterocycles. The molecule has 0 spiro atoms. The molecule has 1 N–H and O–H groups in total. The van der Waals surface area contributed by atoms with Crippen molar-refractivity contribution in [2.75, 3.05) is 38.0 Å². The molecule has 0 atom stereocenters. The van der Waals surface area contributed by atoms with Crippen molar-refractivity contribution in [2.45, 2.75) is 38.5 Å². The highest BCUT2D eigenvalue weighted by Crippen LogP contribution is 2.22. The minimum atomic E-state index is -0.787. The number of nitrogens with one attached hydrogen (secondary N) is 1. The van der Waals surface area contributed by atoms with E-state index in [1.54, 1.807) is 0 Å². The van der Waals surface area contributed by atoms with Crippen LogP contribution in [0.5, 0.6) is 0 Å². The lowest BCUT2D eigenvalue weighted by molar-refractivity contribution is -0.137. The Labute approximate surface area is 158 Å². The first-order chi connectivity index (χ1) is 13.0. The normalized spacial score (nSPS) is 19.6. The zero-order valence-electron chi connectivity index (χ0n) is 15.6. The third-order valence-electron chi connectivity index (χ3n) is 5.43. The van der Waals surface area contributed by atoms with Crippen LogP contribution >= 0.6 is 0 Å². The van der Waals surface area contributed by atoms with E-state index in [0.717, 1.165) is 50.9 Å². The monoisotopic (exact) mass is 379 g/mol. The molecule has 0 radical (unpaired) electrons. The van der Waals surface area contributed by atoms with Crippen molar-refractivity contribution in [3.05, 3.63) is 29.8 Å². The van der Waals surface area contributed by atoms with E-state index < -0.39 is 11.6 Å². The van der Waals surface area contributed by atoms with Crippen molar-refractivity contribution < 1.29 is 18.4 Å². The van der Waals surface area contributed by atoms with Gasteiger partial charge in [-0.3, -0.25) is 14.5 Å². The molecule has 27 heavy (non-hydrogen) atoms. The first-order valence-electron chi connectivity index (χ1n) is 9.79. The van der Waals surface area contributed by atoms with E-state index in [4.69, 9.17) is 0 Å². The van der Waals surface area contributed by atoms with Crippen LogP contribution in [0.15, 0.2) is 18.2 Å². The number of likely N-dealkylation sites (tertiary alicyclic amines) is 2. The molecule has 148 valence electrons. The first kappa shape index (κ1) is 19.7. The number of hydrogen-bond acceptors (Lipinski definition) is 3. The summed E-state index contributed by atoms with van der Waals surface area (Å²) in [7, 11) is 0. The van der Waals surface area contributed by atoms with Crippen molar-refractivity contribution in [1.29, 1.82) is 0 Å². The van der Waals surface area contributed by atoms with E-state index in [-0.39, 0.29) is 30.0 Å². The second kappa shape index (κ2) is 9.26. The molecule has 7 heteroatoms. The highest BCUT2D eigenvalue weighted by atomic mass is 19.1. The van der Waals surface area contributed by atoms with Gasteiger partial charge in [0, 0.05) is 25.1 Å². The van der Waals surface area contributed by atoms with Gasteiger partial charge in [0.2, 0.25) is 11.8 Å². The third-order valence-corrected chi connectivity index (χ3v) is 5.43. The maximum absolute atomic E-state index is 13.6. The van der Waals surface area contributed by atoms with Crippen molar-refractivity contribution >= 4 is 17.5 Å². The lowest BCUT2D eigenvalue weighted by Gasteiger charge is -2.33. The summed E-state index contributed by atoms with van der Waals surface area (Å²) in [6.45, 7) is 3.21. The summed E-state index contributed by atoms with van der Waals surface area (Å²) < 4.78 is 26.5. The van der Waals surface area contributed by atoms with Gasteiger partial charge in [0.25, 0.3) is 0 Å². The van der Waals surface area contributed by atoms with Gasteiger partial charge in [-0.25, -0.2) is 8.78 Å². The number of amides is 2. The molecule has 5 nitrogen and oxygen atoms in total. The van der Waals surface area contributed by atoms with Crippen molar-refractivity contribution in [2.24, 2.45) is 5.92 Å². The number of benzene rings is 1. The van der Waals surface area contributed by atoms with Gasteiger partial charge in [-0.2, -0.15) is 0 Å². The lowest BCUT2D eigenvalue weighted by Crippen LogP contribution is -2.44. The standard InChI is InChI=1S/C20H27F2N3O2/c21-16-5-6-18(17(22)13-16)23-19(26)14-24-11-7-15(8-12-24)20(27)25-9-3-1-2-4-10-25/h5-6,13,15H,1-4,7-12,14H2,(H,23,26). The molecule has 2 fully saturated rings. The minimum absolute atomic E-state index is 0.0207. The third kappa shape index (κ3) is 5.48. The summed E-state index contributed by atoms with van der Waals surface area (Å²) in [4.78, 5) is 28.8. The van der Waals surface area contributed by atoms with Gasteiger partial charge in [0.1, 0.15) is 11.6 Å². The Morgan fingerprint density at radius 1 is 1.00 bits per heavy atom. The van der Waals surface area contributed by atoms with E-state index >= 15 is 0 Å². The predicted octanol–water partition coefficient (Wildman–Crippen LogP) is 3.02. The van der Waals surface area contributed by atoms with E-state index in [1.807, 2.05) is 9.80 Å². The predicted molar refractivity (Wildman–Crippen MR) is 99.2 cm³/mol. The largest absolute Gasteiger partial charge is 0.342 e. The number of nitrogens with zero attached hydrogens (tertiary/aromatic N) is 2. The van der Waals surface area contributed by atoms with Crippen LogP contribution in [0.25, 0.3) is 0 Å². The van der Waals surface area contributed by atoms with Gasteiger partial charge in [-0.05, 0) is 50.9 Å². The number of piperidine rings is 1. The van der Waals surface area contributed by atoms with Gasteiger partial charge >= 0.3 is 0 Å². The second-order valence-electron chi connectivity index (χ2n) is 7.46. The molecule has 2 saturated heterocycles. The Kier molecular flexibility index (Phi) is 6.77. The van der Waals surface area contributed by atoms with Crippen LogP contribution in [0, 0.1) is 17.6 Å². The van der Waals surface area contributed by atoms with Crippen molar-refractivity contribution in [1.82, 2.24) is 9.80 Å². The Morgan fingerprint density at radius 3 is 2.30 bits per heavy atom. The fourth-order valence-electron chi connectivity index (χ4n) is 3.87. The summed E-state index contributed by atoms with van der Waals surface area (Å²) >= 11 is 0. The van der Waals surface area contributed by atoms with Crippen LogP contribution in [-0.4, -0.2) is 54.3 Å². The van der Waals surface area contributed by atoms with Crippen LogP contribution in [0.4, 0.5) is 14.5 Å². The molecule has 0 unspecified atom stereocenters. The van der Waals surface area contributed by atoms with Gasteiger partial charge in [0.05, 0.1) is 12.2 Å². The topological polar surface area (TPSA) is 52.7 Å².